The van der Waals surface area contributed by atoms with Crippen LogP contribution in [0.2, 0.25) is 0 Å². The maximum atomic E-state index is 2.42. The van der Waals surface area contributed by atoms with Crippen molar-refractivity contribution in [1.82, 2.24) is 0 Å². The normalized spacial score (nSPS) is 17.0. The zero-order valence-electron chi connectivity index (χ0n) is 13.3. The molecule has 0 heterocycles. The van der Waals surface area contributed by atoms with Crippen LogP contribution in [0.1, 0.15) is 80.6 Å². The summed E-state index contributed by atoms with van der Waals surface area (Å²) in [6, 6.07) is 0. The summed E-state index contributed by atoms with van der Waals surface area (Å²) in [4.78, 5) is 0. The van der Waals surface area contributed by atoms with Crippen LogP contribution in [0.3, 0.4) is 0 Å². The largest absolute Gasteiger partial charge is 0.0885 e. The Morgan fingerprint density at radius 1 is 1.24 bits per heavy atom. The monoisotopic (exact) mass is 238 g/mol. The van der Waals surface area contributed by atoms with Gasteiger partial charge < -0.3 is 0 Å². The van der Waals surface area contributed by atoms with Crippen molar-refractivity contribution < 1.29 is 0 Å². The zero-order chi connectivity index (χ0) is 13.5. The SMILES string of the molecule is CC=C(C)C(C)CC(C)CCCC(C)(C)CC. The smallest absolute Gasteiger partial charge is 0.0232 e. The van der Waals surface area contributed by atoms with Gasteiger partial charge in [-0.05, 0) is 43.9 Å². The van der Waals surface area contributed by atoms with Crippen LogP contribution in [0.4, 0.5) is 0 Å². The Morgan fingerprint density at radius 2 is 1.82 bits per heavy atom. The van der Waals surface area contributed by atoms with Gasteiger partial charge in [0, 0.05) is 0 Å². The molecule has 0 aliphatic carbocycles. The second kappa shape index (κ2) is 7.95. The van der Waals surface area contributed by atoms with E-state index in [2.05, 4.69) is 54.5 Å². The summed E-state index contributed by atoms with van der Waals surface area (Å²) in [6.45, 7) is 16.3. The lowest BCUT2D eigenvalue weighted by atomic mass is 9.82. The third-order valence-electron chi connectivity index (χ3n) is 4.50. The number of rotatable bonds is 8. The van der Waals surface area contributed by atoms with Gasteiger partial charge in [0.15, 0.2) is 0 Å². The van der Waals surface area contributed by atoms with E-state index >= 15 is 0 Å². The molecule has 0 N–H and O–H groups in total. The average molecular weight is 238 g/mol. The molecule has 2 atom stereocenters. The fraction of sp³-hybridized carbons (Fsp3) is 0.882. The molecule has 17 heavy (non-hydrogen) atoms. The van der Waals surface area contributed by atoms with Crippen molar-refractivity contribution in [2.45, 2.75) is 80.6 Å². The van der Waals surface area contributed by atoms with Crippen LogP contribution < -0.4 is 0 Å². The van der Waals surface area contributed by atoms with Gasteiger partial charge in [0.2, 0.25) is 0 Å². The molecular formula is C17H34. The summed E-state index contributed by atoms with van der Waals surface area (Å²) < 4.78 is 0. The summed E-state index contributed by atoms with van der Waals surface area (Å²) >= 11 is 0. The highest BCUT2D eigenvalue weighted by molar-refractivity contribution is 5.00. The first-order valence-corrected chi connectivity index (χ1v) is 7.45. The maximum Gasteiger partial charge on any atom is -0.0232 e. The Bertz CT molecular complexity index is 222. The second-order valence-corrected chi connectivity index (χ2v) is 6.68. The third kappa shape index (κ3) is 7.63. The van der Waals surface area contributed by atoms with E-state index in [4.69, 9.17) is 0 Å². The Morgan fingerprint density at radius 3 is 2.29 bits per heavy atom. The molecule has 0 aromatic heterocycles. The predicted molar refractivity (Wildman–Crippen MR) is 80.3 cm³/mol. The van der Waals surface area contributed by atoms with Gasteiger partial charge in [0.1, 0.15) is 0 Å². The standard InChI is InChI=1S/C17H34/c1-8-15(4)16(5)13-14(3)11-10-12-17(6,7)9-2/h8,14,16H,9-13H2,1-7H3. The molecule has 0 aromatic rings. The first-order valence-electron chi connectivity index (χ1n) is 7.45. The Hall–Kier alpha value is -0.260. The second-order valence-electron chi connectivity index (χ2n) is 6.68. The molecule has 0 amide bonds. The molecule has 0 saturated heterocycles. The van der Waals surface area contributed by atoms with Crippen molar-refractivity contribution in [3.8, 4) is 0 Å². The molecule has 0 aromatic carbocycles. The molecule has 0 rings (SSSR count). The van der Waals surface area contributed by atoms with E-state index in [0.29, 0.717) is 5.41 Å². The average Bonchev–Trinajstić information content (AvgIpc) is 2.27. The quantitative estimate of drug-likeness (QED) is 0.440. The van der Waals surface area contributed by atoms with Gasteiger partial charge in [0.05, 0.1) is 0 Å². The van der Waals surface area contributed by atoms with Crippen molar-refractivity contribution in [2.24, 2.45) is 17.3 Å². The Kier molecular flexibility index (Phi) is 7.83. The summed E-state index contributed by atoms with van der Waals surface area (Å²) in [5.41, 5.74) is 2.09. The van der Waals surface area contributed by atoms with Crippen LogP contribution in [-0.2, 0) is 0 Å². The van der Waals surface area contributed by atoms with E-state index in [9.17, 15) is 0 Å². The predicted octanol–water partition coefficient (Wildman–Crippen LogP) is 6.22. The van der Waals surface area contributed by atoms with Crippen LogP contribution >= 0.6 is 0 Å². The molecule has 2 unspecified atom stereocenters. The fourth-order valence-electron chi connectivity index (χ4n) is 2.30. The molecule has 0 aliphatic heterocycles. The van der Waals surface area contributed by atoms with Crippen molar-refractivity contribution in [1.29, 1.82) is 0 Å². The first-order chi connectivity index (χ1) is 7.82. The van der Waals surface area contributed by atoms with E-state index in [0.717, 1.165) is 11.8 Å². The molecule has 0 spiro atoms. The zero-order valence-corrected chi connectivity index (χ0v) is 13.3. The van der Waals surface area contributed by atoms with Gasteiger partial charge in [0.25, 0.3) is 0 Å². The van der Waals surface area contributed by atoms with Crippen LogP contribution in [0.25, 0.3) is 0 Å². The number of allylic oxidation sites excluding steroid dienone is 2. The first kappa shape index (κ1) is 16.7. The van der Waals surface area contributed by atoms with Gasteiger partial charge in [-0.25, -0.2) is 0 Å². The lowest BCUT2D eigenvalue weighted by Crippen LogP contribution is -2.11. The van der Waals surface area contributed by atoms with Gasteiger partial charge >= 0.3 is 0 Å². The lowest BCUT2D eigenvalue weighted by Gasteiger charge is -2.24. The molecule has 0 saturated carbocycles. The van der Waals surface area contributed by atoms with E-state index in [-0.39, 0.29) is 0 Å². The van der Waals surface area contributed by atoms with Crippen molar-refractivity contribution in [2.75, 3.05) is 0 Å². The maximum absolute atomic E-state index is 2.42. The van der Waals surface area contributed by atoms with E-state index < -0.39 is 0 Å². The van der Waals surface area contributed by atoms with Crippen molar-refractivity contribution in [3.63, 3.8) is 0 Å². The molecule has 0 radical (unpaired) electrons. The highest BCUT2D eigenvalue weighted by Gasteiger charge is 2.16. The fourth-order valence-corrected chi connectivity index (χ4v) is 2.30. The number of hydrogen-bond donors (Lipinski definition) is 0. The summed E-state index contributed by atoms with van der Waals surface area (Å²) in [7, 11) is 0. The molecular weight excluding hydrogens is 204 g/mol. The minimum absolute atomic E-state index is 0.546. The van der Waals surface area contributed by atoms with Gasteiger partial charge in [-0.2, -0.15) is 0 Å². The Balaban J connectivity index is 3.84. The summed E-state index contributed by atoms with van der Waals surface area (Å²) in [6.07, 6.45) is 9.08. The highest BCUT2D eigenvalue weighted by atomic mass is 14.2. The summed E-state index contributed by atoms with van der Waals surface area (Å²) in [5, 5.41) is 0. The lowest BCUT2D eigenvalue weighted by molar-refractivity contribution is 0.292. The molecule has 0 bridgehead atoms. The summed E-state index contributed by atoms with van der Waals surface area (Å²) in [5.74, 6) is 1.63. The highest BCUT2D eigenvalue weighted by Crippen LogP contribution is 2.29. The van der Waals surface area contributed by atoms with E-state index in [1.807, 2.05) is 0 Å². The minimum atomic E-state index is 0.546. The van der Waals surface area contributed by atoms with Crippen molar-refractivity contribution >= 4 is 0 Å². The topological polar surface area (TPSA) is 0 Å². The van der Waals surface area contributed by atoms with E-state index in [1.165, 1.54) is 32.1 Å². The van der Waals surface area contributed by atoms with Gasteiger partial charge in [-0.15, -0.1) is 0 Å². The number of hydrogen-bond acceptors (Lipinski definition) is 0. The van der Waals surface area contributed by atoms with Gasteiger partial charge in [-0.1, -0.05) is 65.5 Å². The minimum Gasteiger partial charge on any atom is -0.0885 e. The third-order valence-corrected chi connectivity index (χ3v) is 4.50. The molecule has 0 aliphatic rings. The Labute approximate surface area is 110 Å². The molecule has 0 nitrogen and oxygen atoms in total. The van der Waals surface area contributed by atoms with Crippen LogP contribution in [-0.4, -0.2) is 0 Å². The van der Waals surface area contributed by atoms with Crippen LogP contribution in [0, 0.1) is 17.3 Å². The van der Waals surface area contributed by atoms with Gasteiger partial charge in [-0.3, -0.25) is 0 Å². The van der Waals surface area contributed by atoms with Crippen LogP contribution in [0.15, 0.2) is 11.6 Å². The molecule has 0 heteroatoms. The molecule has 0 fully saturated rings. The van der Waals surface area contributed by atoms with E-state index in [1.54, 1.807) is 5.57 Å². The molecule has 102 valence electrons. The van der Waals surface area contributed by atoms with Crippen molar-refractivity contribution in [3.05, 3.63) is 11.6 Å². The van der Waals surface area contributed by atoms with Crippen LogP contribution in [0.5, 0.6) is 0 Å².